The molecule has 0 radical (unpaired) electrons. The molecule has 0 aliphatic rings. The van der Waals surface area contributed by atoms with E-state index in [9.17, 15) is 21.6 Å². The second-order valence-corrected chi connectivity index (χ2v) is 6.15. The van der Waals surface area contributed by atoms with Crippen LogP contribution in [-0.2, 0) is 15.2 Å². The summed E-state index contributed by atoms with van der Waals surface area (Å²) in [7, 11) is 0.311. The van der Waals surface area contributed by atoms with E-state index in [-0.39, 0.29) is 5.56 Å². The molecule has 9 heteroatoms. The third kappa shape index (κ3) is 2.91. The van der Waals surface area contributed by atoms with E-state index in [1.807, 2.05) is 0 Å². The van der Waals surface area contributed by atoms with Gasteiger partial charge in [-0.1, -0.05) is 0 Å². The van der Waals surface area contributed by atoms with Crippen molar-refractivity contribution in [3.63, 3.8) is 0 Å². The van der Waals surface area contributed by atoms with Gasteiger partial charge in [0, 0.05) is 10.7 Å². The zero-order valence-corrected chi connectivity index (χ0v) is 10.9. The minimum Gasteiger partial charge on any atom is -0.207 e. The highest BCUT2D eigenvalue weighted by molar-refractivity contribution is 9.10. The number of rotatable bonds is 1. The number of benzene rings is 1. The summed E-state index contributed by atoms with van der Waals surface area (Å²) < 4.78 is 59.4. The molecule has 92 valence electrons. The first-order chi connectivity index (χ1) is 7.59. The van der Waals surface area contributed by atoms with Gasteiger partial charge in [0.1, 0.15) is 11.0 Å². The largest absolute Gasteiger partial charge is 0.417 e. The second kappa shape index (κ2) is 4.48. The molecule has 1 rings (SSSR count). The Morgan fingerprint density at radius 2 is 1.88 bits per heavy atom. The van der Waals surface area contributed by atoms with Crippen LogP contribution in [-0.4, -0.2) is 8.42 Å². The summed E-state index contributed by atoms with van der Waals surface area (Å²) in [6.45, 7) is 0. The highest BCUT2D eigenvalue weighted by Gasteiger charge is 2.38. The van der Waals surface area contributed by atoms with Gasteiger partial charge in [-0.25, -0.2) is 8.42 Å². The summed E-state index contributed by atoms with van der Waals surface area (Å²) in [5.41, 5.74) is -1.67. The van der Waals surface area contributed by atoms with E-state index in [0.717, 1.165) is 6.07 Å². The van der Waals surface area contributed by atoms with E-state index in [0.29, 0.717) is 6.07 Å². The normalized spacial score (nSPS) is 12.2. The number of nitrogens with zero attached hydrogens (tertiary/aromatic N) is 1. The molecule has 1 aromatic rings. The van der Waals surface area contributed by atoms with Crippen LogP contribution in [0.2, 0.25) is 0 Å². The fourth-order valence-electron chi connectivity index (χ4n) is 1.10. The number of hydrogen-bond donors (Lipinski definition) is 0. The number of halogens is 5. The van der Waals surface area contributed by atoms with Gasteiger partial charge in [0.05, 0.1) is 15.6 Å². The van der Waals surface area contributed by atoms with Gasteiger partial charge < -0.3 is 0 Å². The van der Waals surface area contributed by atoms with E-state index in [1.54, 1.807) is 6.07 Å². The third-order valence-electron chi connectivity index (χ3n) is 1.77. The summed E-state index contributed by atoms with van der Waals surface area (Å²) in [4.78, 5) is -1.15. The molecule has 0 bridgehead atoms. The molecule has 0 aliphatic carbocycles. The first-order valence-electron chi connectivity index (χ1n) is 3.83. The Bertz CT molecular complexity index is 606. The molecule has 0 aromatic heterocycles. The quantitative estimate of drug-likeness (QED) is 0.732. The van der Waals surface area contributed by atoms with Gasteiger partial charge in [-0.05, 0) is 28.1 Å². The van der Waals surface area contributed by atoms with Crippen LogP contribution in [0.4, 0.5) is 13.2 Å². The van der Waals surface area contributed by atoms with Gasteiger partial charge in [-0.2, -0.15) is 18.4 Å². The maximum atomic E-state index is 12.6. The molecule has 0 saturated heterocycles. The van der Waals surface area contributed by atoms with Crippen LogP contribution in [0.1, 0.15) is 11.1 Å². The maximum Gasteiger partial charge on any atom is 0.417 e. The number of nitriles is 1. The van der Waals surface area contributed by atoms with Crippen LogP contribution in [0.5, 0.6) is 0 Å². The van der Waals surface area contributed by atoms with E-state index < -0.39 is 30.2 Å². The van der Waals surface area contributed by atoms with E-state index in [2.05, 4.69) is 15.9 Å². The lowest BCUT2D eigenvalue weighted by atomic mass is 10.1. The number of hydrogen-bond acceptors (Lipinski definition) is 3. The monoisotopic (exact) mass is 347 g/mol. The Morgan fingerprint density at radius 3 is 2.24 bits per heavy atom. The summed E-state index contributed by atoms with van der Waals surface area (Å²) in [5, 5.41) is 8.60. The predicted octanol–water partition coefficient (Wildman–Crippen LogP) is 3.27. The SMILES string of the molecule is N#Cc1ccc(C(F)(F)F)c(S(=O)(=O)Cl)c1Br. The average molecular weight is 349 g/mol. The first-order valence-corrected chi connectivity index (χ1v) is 6.93. The van der Waals surface area contributed by atoms with Crippen LogP contribution in [0.25, 0.3) is 0 Å². The summed E-state index contributed by atoms with van der Waals surface area (Å²) >= 11 is 2.63. The highest BCUT2D eigenvalue weighted by atomic mass is 79.9. The third-order valence-corrected chi connectivity index (χ3v) is 4.23. The standard InChI is InChI=1S/C8H2BrClF3NO2S/c9-6-4(3-14)1-2-5(8(11,12)13)7(6)17(10,15)16/h1-2H. The first kappa shape index (κ1) is 14.3. The van der Waals surface area contributed by atoms with E-state index in [4.69, 9.17) is 15.9 Å². The Hall–Kier alpha value is -0.780. The molecular weight excluding hydrogens is 347 g/mol. The van der Waals surface area contributed by atoms with Crippen LogP contribution in [0, 0.1) is 11.3 Å². The topological polar surface area (TPSA) is 57.9 Å². The molecule has 0 N–H and O–H groups in total. The molecule has 0 amide bonds. The minimum atomic E-state index is -4.88. The van der Waals surface area contributed by atoms with Gasteiger partial charge in [0.2, 0.25) is 0 Å². The van der Waals surface area contributed by atoms with E-state index >= 15 is 0 Å². The molecule has 17 heavy (non-hydrogen) atoms. The van der Waals surface area contributed by atoms with Crippen LogP contribution >= 0.6 is 26.6 Å². The van der Waals surface area contributed by atoms with E-state index in [1.165, 1.54) is 0 Å². The zero-order valence-electron chi connectivity index (χ0n) is 7.72. The summed E-state index contributed by atoms with van der Waals surface area (Å²) in [6, 6.07) is 2.91. The Kier molecular flexibility index (Phi) is 3.76. The van der Waals surface area contributed by atoms with Crippen molar-refractivity contribution in [2.24, 2.45) is 0 Å². The highest BCUT2D eigenvalue weighted by Crippen LogP contribution is 2.40. The lowest BCUT2D eigenvalue weighted by Crippen LogP contribution is -2.12. The molecule has 0 spiro atoms. The molecule has 0 saturated carbocycles. The predicted molar refractivity (Wildman–Crippen MR) is 56.9 cm³/mol. The molecule has 0 unspecified atom stereocenters. The van der Waals surface area contributed by atoms with Crippen molar-refractivity contribution < 1.29 is 21.6 Å². The molecule has 0 atom stereocenters. The van der Waals surface area contributed by atoms with Crippen LogP contribution < -0.4 is 0 Å². The van der Waals surface area contributed by atoms with Crippen molar-refractivity contribution in [1.29, 1.82) is 5.26 Å². The average Bonchev–Trinajstić information content (AvgIpc) is 2.13. The van der Waals surface area contributed by atoms with Crippen LogP contribution in [0.3, 0.4) is 0 Å². The van der Waals surface area contributed by atoms with Gasteiger partial charge >= 0.3 is 6.18 Å². The molecule has 1 aromatic carbocycles. The fourth-order valence-corrected chi connectivity index (χ4v) is 3.71. The lowest BCUT2D eigenvalue weighted by molar-refractivity contribution is -0.139. The molecular formula is C8H2BrClF3NO2S. The molecule has 0 fully saturated rings. The summed E-state index contributed by atoms with van der Waals surface area (Å²) in [6.07, 6.45) is -4.88. The Morgan fingerprint density at radius 1 is 1.35 bits per heavy atom. The van der Waals surface area contributed by atoms with Crippen LogP contribution in [0.15, 0.2) is 21.5 Å². The van der Waals surface area contributed by atoms with Crippen molar-refractivity contribution in [3.8, 4) is 6.07 Å². The number of alkyl halides is 3. The van der Waals surface area contributed by atoms with Crippen molar-refractivity contribution >= 4 is 35.7 Å². The van der Waals surface area contributed by atoms with Crippen molar-refractivity contribution in [1.82, 2.24) is 0 Å². The van der Waals surface area contributed by atoms with Gasteiger partial charge in [0.15, 0.2) is 0 Å². The lowest BCUT2D eigenvalue weighted by Gasteiger charge is -2.12. The minimum absolute atomic E-state index is 0.253. The van der Waals surface area contributed by atoms with Crippen molar-refractivity contribution in [3.05, 3.63) is 27.7 Å². The Labute approximate surface area is 107 Å². The fraction of sp³-hybridized carbons (Fsp3) is 0.125. The Balaban J connectivity index is 3.80. The smallest absolute Gasteiger partial charge is 0.207 e. The zero-order chi connectivity index (χ0) is 13.4. The second-order valence-electron chi connectivity index (χ2n) is 2.85. The van der Waals surface area contributed by atoms with Gasteiger partial charge in [-0.15, -0.1) is 0 Å². The van der Waals surface area contributed by atoms with Gasteiger partial charge in [0.25, 0.3) is 9.05 Å². The van der Waals surface area contributed by atoms with Gasteiger partial charge in [-0.3, -0.25) is 0 Å². The molecule has 0 aliphatic heterocycles. The van der Waals surface area contributed by atoms with Crippen molar-refractivity contribution in [2.45, 2.75) is 11.1 Å². The molecule has 3 nitrogen and oxygen atoms in total. The summed E-state index contributed by atoms with van der Waals surface area (Å²) in [5.74, 6) is 0. The molecule has 0 heterocycles. The van der Waals surface area contributed by atoms with Crippen molar-refractivity contribution in [2.75, 3.05) is 0 Å². The maximum absolute atomic E-state index is 12.6.